The number of hydrogen-bond donors (Lipinski definition) is 2. The van der Waals surface area contributed by atoms with E-state index in [2.05, 4.69) is 5.32 Å². The molecule has 0 aliphatic carbocycles. The van der Waals surface area contributed by atoms with Crippen LogP contribution in [-0.4, -0.2) is 17.2 Å². The molecule has 2 aromatic carbocycles. The Morgan fingerprint density at radius 3 is 2.52 bits per heavy atom. The lowest BCUT2D eigenvalue weighted by molar-refractivity contribution is 0.0697. The van der Waals surface area contributed by atoms with Crippen molar-refractivity contribution in [2.24, 2.45) is 0 Å². The fourth-order valence-electron chi connectivity index (χ4n) is 1.99. The van der Waals surface area contributed by atoms with Crippen LogP contribution in [0, 0.1) is 0 Å². The minimum absolute atomic E-state index is 0.0500. The summed E-state index contributed by atoms with van der Waals surface area (Å²) in [6.07, 6.45) is 0.0500. The van der Waals surface area contributed by atoms with E-state index < -0.39 is 5.97 Å². The molecule has 4 nitrogen and oxygen atoms in total. The fraction of sp³-hybridized carbons (Fsp3) is 0.235. The summed E-state index contributed by atoms with van der Waals surface area (Å²) in [5.41, 5.74) is 1.67. The van der Waals surface area contributed by atoms with Crippen molar-refractivity contribution in [2.45, 2.75) is 26.5 Å². The summed E-state index contributed by atoms with van der Waals surface area (Å²) in [4.78, 5) is 11.0. The van der Waals surface area contributed by atoms with Gasteiger partial charge in [-0.2, -0.15) is 0 Å². The first-order valence-electron chi connectivity index (χ1n) is 7.08. The maximum Gasteiger partial charge on any atom is 0.335 e. The SMILES string of the molecule is CC(C)Oc1ccc(CNc2cc(C(=O)O)ccc2Cl)cc1Cl. The molecule has 0 amide bonds. The maximum absolute atomic E-state index is 11.0. The predicted molar refractivity (Wildman–Crippen MR) is 93.0 cm³/mol. The van der Waals surface area contributed by atoms with Crippen LogP contribution in [0.2, 0.25) is 10.0 Å². The number of ether oxygens (including phenoxy) is 1. The third kappa shape index (κ3) is 4.78. The molecule has 6 heteroatoms. The van der Waals surface area contributed by atoms with Gasteiger partial charge in [-0.05, 0) is 49.7 Å². The number of carbonyl (C=O) groups is 1. The molecule has 122 valence electrons. The van der Waals surface area contributed by atoms with Crippen molar-refractivity contribution >= 4 is 34.9 Å². The van der Waals surface area contributed by atoms with Crippen LogP contribution in [0.5, 0.6) is 5.75 Å². The molecular weight excluding hydrogens is 337 g/mol. The molecule has 0 spiro atoms. The summed E-state index contributed by atoms with van der Waals surface area (Å²) in [6, 6.07) is 10.0. The Morgan fingerprint density at radius 2 is 1.91 bits per heavy atom. The lowest BCUT2D eigenvalue weighted by atomic mass is 10.1. The molecule has 0 aliphatic rings. The molecule has 2 aromatic rings. The Balaban J connectivity index is 2.10. The van der Waals surface area contributed by atoms with Crippen molar-refractivity contribution in [3.05, 3.63) is 57.6 Å². The number of nitrogens with one attached hydrogen (secondary N) is 1. The van der Waals surface area contributed by atoms with Crippen LogP contribution in [0.25, 0.3) is 0 Å². The van der Waals surface area contributed by atoms with Gasteiger partial charge in [0.05, 0.1) is 27.4 Å². The van der Waals surface area contributed by atoms with Crippen LogP contribution in [-0.2, 0) is 6.54 Å². The van der Waals surface area contributed by atoms with E-state index in [-0.39, 0.29) is 11.7 Å². The molecule has 0 saturated heterocycles. The van der Waals surface area contributed by atoms with Gasteiger partial charge in [0.15, 0.2) is 0 Å². The molecular formula is C17H17Cl2NO3. The van der Waals surface area contributed by atoms with Crippen LogP contribution >= 0.6 is 23.2 Å². The Bertz CT molecular complexity index is 717. The van der Waals surface area contributed by atoms with Crippen LogP contribution in [0.3, 0.4) is 0 Å². The summed E-state index contributed by atoms with van der Waals surface area (Å²) >= 11 is 12.3. The highest BCUT2D eigenvalue weighted by Gasteiger charge is 2.08. The number of rotatable bonds is 6. The van der Waals surface area contributed by atoms with Crippen LogP contribution in [0.1, 0.15) is 29.8 Å². The van der Waals surface area contributed by atoms with Crippen molar-refractivity contribution in [3.63, 3.8) is 0 Å². The number of halogens is 2. The van der Waals surface area contributed by atoms with E-state index in [4.69, 9.17) is 33.0 Å². The van der Waals surface area contributed by atoms with Gasteiger partial charge in [0.1, 0.15) is 5.75 Å². The number of carboxylic acids is 1. The third-order valence-corrected chi connectivity index (χ3v) is 3.68. The number of aromatic carboxylic acids is 1. The topological polar surface area (TPSA) is 58.6 Å². The first-order chi connectivity index (χ1) is 10.9. The van der Waals surface area contributed by atoms with Gasteiger partial charge in [-0.3, -0.25) is 0 Å². The summed E-state index contributed by atoms with van der Waals surface area (Å²) in [5, 5.41) is 13.1. The molecule has 0 aliphatic heterocycles. The summed E-state index contributed by atoms with van der Waals surface area (Å²) in [6.45, 7) is 4.33. The van der Waals surface area contributed by atoms with Gasteiger partial charge in [0, 0.05) is 6.54 Å². The highest BCUT2D eigenvalue weighted by atomic mass is 35.5. The van der Waals surface area contributed by atoms with E-state index in [1.807, 2.05) is 26.0 Å². The van der Waals surface area contributed by atoms with E-state index in [9.17, 15) is 4.79 Å². The molecule has 2 N–H and O–H groups in total. The van der Waals surface area contributed by atoms with Crippen LogP contribution in [0.15, 0.2) is 36.4 Å². The Morgan fingerprint density at radius 1 is 1.17 bits per heavy atom. The second-order valence-corrected chi connectivity index (χ2v) is 6.10. The molecule has 0 radical (unpaired) electrons. The van der Waals surface area contributed by atoms with Crippen LogP contribution in [0.4, 0.5) is 5.69 Å². The Labute approximate surface area is 145 Å². The third-order valence-electron chi connectivity index (χ3n) is 3.06. The van der Waals surface area contributed by atoms with E-state index in [1.54, 1.807) is 12.1 Å². The first kappa shape index (κ1) is 17.4. The minimum Gasteiger partial charge on any atom is -0.489 e. The van der Waals surface area contributed by atoms with Crippen molar-refractivity contribution in [1.29, 1.82) is 0 Å². The molecule has 2 rings (SSSR count). The number of hydrogen-bond acceptors (Lipinski definition) is 3. The normalized spacial score (nSPS) is 10.7. The van der Waals surface area contributed by atoms with Gasteiger partial charge in [-0.15, -0.1) is 0 Å². The van der Waals surface area contributed by atoms with E-state index in [1.165, 1.54) is 12.1 Å². The Kier molecular flexibility index (Phi) is 5.74. The lowest BCUT2D eigenvalue weighted by Gasteiger charge is -2.13. The average Bonchev–Trinajstić information content (AvgIpc) is 2.48. The highest BCUT2D eigenvalue weighted by Crippen LogP contribution is 2.28. The number of benzene rings is 2. The zero-order chi connectivity index (χ0) is 17.0. The van der Waals surface area contributed by atoms with Crippen molar-refractivity contribution in [3.8, 4) is 5.75 Å². The lowest BCUT2D eigenvalue weighted by Crippen LogP contribution is -2.06. The standard InChI is InChI=1S/C17H17Cl2NO3/c1-10(2)23-16-6-3-11(7-14(16)19)9-20-15-8-12(17(21)22)4-5-13(15)18/h3-8,10,20H,9H2,1-2H3,(H,21,22). The van der Waals surface area contributed by atoms with E-state index in [0.717, 1.165) is 5.56 Å². The monoisotopic (exact) mass is 353 g/mol. The van der Waals surface area contributed by atoms with Crippen LogP contribution < -0.4 is 10.1 Å². The molecule has 0 atom stereocenters. The molecule has 23 heavy (non-hydrogen) atoms. The van der Waals surface area contributed by atoms with Gasteiger partial charge < -0.3 is 15.2 Å². The van der Waals surface area contributed by atoms with E-state index >= 15 is 0 Å². The van der Waals surface area contributed by atoms with Crippen molar-refractivity contribution in [2.75, 3.05) is 5.32 Å². The summed E-state index contributed by atoms with van der Waals surface area (Å²) in [5.74, 6) is -0.362. The smallest absolute Gasteiger partial charge is 0.335 e. The van der Waals surface area contributed by atoms with Crippen molar-refractivity contribution < 1.29 is 14.6 Å². The van der Waals surface area contributed by atoms with Gasteiger partial charge >= 0.3 is 5.97 Å². The molecule has 0 bridgehead atoms. The van der Waals surface area contributed by atoms with Gasteiger partial charge in [-0.25, -0.2) is 4.79 Å². The summed E-state index contributed by atoms with van der Waals surface area (Å²) < 4.78 is 5.59. The fourth-order valence-corrected chi connectivity index (χ4v) is 2.43. The summed E-state index contributed by atoms with van der Waals surface area (Å²) in [7, 11) is 0. The van der Waals surface area contributed by atoms with Gasteiger partial charge in [0.2, 0.25) is 0 Å². The molecule has 0 unspecified atom stereocenters. The molecule has 0 heterocycles. The van der Waals surface area contributed by atoms with Gasteiger partial charge in [-0.1, -0.05) is 29.3 Å². The van der Waals surface area contributed by atoms with Crippen molar-refractivity contribution in [1.82, 2.24) is 0 Å². The number of anilines is 1. The maximum atomic E-state index is 11.0. The zero-order valence-electron chi connectivity index (χ0n) is 12.8. The van der Waals surface area contributed by atoms with Gasteiger partial charge in [0.25, 0.3) is 0 Å². The predicted octanol–water partition coefficient (Wildman–Crippen LogP) is 5.09. The number of carboxylic acid groups (broad SMARTS) is 1. The molecule has 0 aromatic heterocycles. The average molecular weight is 354 g/mol. The highest BCUT2D eigenvalue weighted by molar-refractivity contribution is 6.33. The minimum atomic E-state index is -0.997. The van der Waals surface area contributed by atoms with E-state index in [0.29, 0.717) is 28.0 Å². The second kappa shape index (κ2) is 7.57. The quantitative estimate of drug-likeness (QED) is 0.759. The first-order valence-corrected chi connectivity index (χ1v) is 7.84. The molecule has 0 fully saturated rings. The largest absolute Gasteiger partial charge is 0.489 e. The molecule has 0 saturated carbocycles. The second-order valence-electron chi connectivity index (χ2n) is 5.28. The Hall–Kier alpha value is -1.91. The zero-order valence-corrected chi connectivity index (χ0v) is 14.3.